The zero-order chi connectivity index (χ0) is 20.1. The van der Waals surface area contributed by atoms with Crippen molar-refractivity contribution in [3.63, 3.8) is 0 Å². The van der Waals surface area contributed by atoms with Crippen LogP contribution >= 0.6 is 0 Å². The Kier molecular flexibility index (Phi) is 4.46. The van der Waals surface area contributed by atoms with E-state index in [4.69, 9.17) is 4.74 Å². The van der Waals surface area contributed by atoms with Gasteiger partial charge in [0, 0.05) is 0 Å². The molecule has 3 rings (SSSR count). The molecule has 1 N–H and O–H groups in total. The minimum absolute atomic E-state index is 0.0178. The molecule has 0 aromatic heterocycles. The predicted molar refractivity (Wildman–Crippen MR) is 79.9 cm³/mol. The number of carbonyl (C=O) groups is 2. The lowest BCUT2D eigenvalue weighted by Crippen LogP contribution is -2.39. The molecule has 1 aromatic carbocycles. The van der Waals surface area contributed by atoms with E-state index in [9.17, 15) is 36.4 Å². The van der Waals surface area contributed by atoms with Crippen molar-refractivity contribution < 1.29 is 45.3 Å². The van der Waals surface area contributed by atoms with Crippen molar-refractivity contribution in [3.05, 3.63) is 29.3 Å². The number of esters is 1. The highest BCUT2D eigenvalue weighted by molar-refractivity contribution is 7.88. The number of hydrogen-bond acceptors (Lipinski definition) is 7. The number of amides is 2. The fourth-order valence-corrected chi connectivity index (χ4v) is 3.46. The van der Waals surface area contributed by atoms with Crippen LogP contribution in [-0.2, 0) is 19.6 Å². The van der Waals surface area contributed by atoms with Crippen LogP contribution in [0.25, 0.3) is 0 Å². The maximum atomic E-state index is 12.5. The fourth-order valence-electron chi connectivity index (χ4n) is 3.01. The van der Waals surface area contributed by atoms with Gasteiger partial charge in [0.05, 0.1) is 13.2 Å². The molecule has 0 aliphatic carbocycles. The van der Waals surface area contributed by atoms with E-state index in [1.165, 1.54) is 0 Å². The molecule has 13 heteroatoms. The first-order valence-electron chi connectivity index (χ1n) is 7.58. The number of ether oxygens (including phenoxy) is 1. The molecule has 0 spiro atoms. The molecule has 2 bridgehead atoms. The molecule has 1 saturated heterocycles. The van der Waals surface area contributed by atoms with Gasteiger partial charge in [0.15, 0.2) is 6.04 Å². The van der Waals surface area contributed by atoms with Gasteiger partial charge in [-0.25, -0.2) is 9.59 Å². The van der Waals surface area contributed by atoms with Crippen molar-refractivity contribution in [2.24, 2.45) is 0 Å². The van der Waals surface area contributed by atoms with Gasteiger partial charge in [-0.2, -0.15) is 26.7 Å². The SMILES string of the molecule is CCOC(=O)C1c2ccc(OS(=O)(=O)C(F)(F)F)cc2[C@H]2CN1C(=O)N2O. The number of hydrogen-bond donors (Lipinski definition) is 1. The maximum absolute atomic E-state index is 12.5. The van der Waals surface area contributed by atoms with E-state index in [1.807, 2.05) is 0 Å². The molecule has 2 heterocycles. The molecule has 0 saturated carbocycles. The van der Waals surface area contributed by atoms with E-state index in [-0.39, 0.29) is 24.3 Å². The van der Waals surface area contributed by atoms with Crippen LogP contribution in [0.3, 0.4) is 0 Å². The summed E-state index contributed by atoms with van der Waals surface area (Å²) in [5, 5.41) is 10.3. The molecule has 2 atom stereocenters. The summed E-state index contributed by atoms with van der Waals surface area (Å²) in [6.07, 6.45) is 0. The molecule has 2 aliphatic rings. The zero-order valence-electron chi connectivity index (χ0n) is 13.6. The van der Waals surface area contributed by atoms with Gasteiger partial charge in [-0.15, -0.1) is 0 Å². The molecule has 1 unspecified atom stereocenters. The monoisotopic (exact) mass is 410 g/mol. The number of alkyl halides is 3. The Hall–Kier alpha value is -2.54. The summed E-state index contributed by atoms with van der Waals surface area (Å²) in [6.45, 7) is 1.43. The third-order valence-electron chi connectivity index (χ3n) is 4.13. The van der Waals surface area contributed by atoms with Crippen LogP contribution in [0.15, 0.2) is 18.2 Å². The van der Waals surface area contributed by atoms with Crippen molar-refractivity contribution in [1.82, 2.24) is 9.96 Å². The number of urea groups is 1. The topological polar surface area (TPSA) is 113 Å². The number of carbonyl (C=O) groups excluding carboxylic acids is 2. The number of halogens is 3. The van der Waals surface area contributed by atoms with Gasteiger partial charge < -0.3 is 13.8 Å². The molecule has 2 amide bonds. The van der Waals surface area contributed by atoms with Crippen LogP contribution < -0.4 is 4.18 Å². The smallest absolute Gasteiger partial charge is 0.464 e. The van der Waals surface area contributed by atoms with E-state index < -0.39 is 45.5 Å². The summed E-state index contributed by atoms with van der Waals surface area (Å²) >= 11 is 0. The summed E-state index contributed by atoms with van der Waals surface area (Å²) in [5.74, 6) is -1.47. The maximum Gasteiger partial charge on any atom is 0.534 e. The van der Waals surface area contributed by atoms with E-state index in [1.54, 1.807) is 6.92 Å². The summed E-state index contributed by atoms with van der Waals surface area (Å²) in [6, 6.07) is -0.103. The van der Waals surface area contributed by atoms with E-state index in [0.717, 1.165) is 23.1 Å². The minimum Gasteiger partial charge on any atom is -0.464 e. The second kappa shape index (κ2) is 6.27. The Morgan fingerprint density at radius 2 is 2.00 bits per heavy atom. The number of hydroxylamine groups is 2. The molecule has 148 valence electrons. The van der Waals surface area contributed by atoms with Crippen LogP contribution in [-0.4, -0.2) is 54.2 Å². The highest BCUT2D eigenvalue weighted by Gasteiger charge is 2.51. The molecular weight excluding hydrogens is 397 g/mol. The average Bonchev–Trinajstić information content (AvgIpc) is 2.81. The minimum atomic E-state index is -5.90. The number of rotatable bonds is 4. The van der Waals surface area contributed by atoms with Gasteiger partial charge in [-0.1, -0.05) is 6.07 Å². The first kappa shape index (κ1) is 19.2. The summed E-state index contributed by atoms with van der Waals surface area (Å²) in [5.41, 5.74) is -5.36. The van der Waals surface area contributed by atoms with Gasteiger partial charge in [-0.3, -0.25) is 5.21 Å². The van der Waals surface area contributed by atoms with Crippen LogP contribution in [0.4, 0.5) is 18.0 Å². The van der Waals surface area contributed by atoms with Gasteiger partial charge in [0.25, 0.3) is 0 Å². The number of fused-ring (bicyclic) bond motifs is 4. The Bertz CT molecular complexity index is 902. The Labute approximate surface area is 150 Å². The molecular formula is C14H13F3N2O7S. The first-order chi connectivity index (χ1) is 12.5. The molecule has 9 nitrogen and oxygen atoms in total. The van der Waals surface area contributed by atoms with Crippen molar-refractivity contribution in [3.8, 4) is 5.75 Å². The van der Waals surface area contributed by atoms with Crippen molar-refractivity contribution >= 4 is 22.1 Å². The van der Waals surface area contributed by atoms with E-state index >= 15 is 0 Å². The summed E-state index contributed by atoms with van der Waals surface area (Å²) < 4.78 is 68.9. The van der Waals surface area contributed by atoms with Crippen LogP contribution in [0.2, 0.25) is 0 Å². The average molecular weight is 410 g/mol. The lowest BCUT2D eigenvalue weighted by molar-refractivity contribution is -0.148. The normalized spacial score (nSPS) is 21.9. The summed E-state index contributed by atoms with van der Waals surface area (Å²) in [7, 11) is -5.90. The first-order valence-corrected chi connectivity index (χ1v) is 8.98. The predicted octanol–water partition coefficient (Wildman–Crippen LogP) is 1.70. The van der Waals surface area contributed by atoms with Crippen molar-refractivity contribution in [2.45, 2.75) is 24.5 Å². The quantitative estimate of drug-likeness (QED) is 0.348. The number of nitrogens with zero attached hydrogens (tertiary/aromatic N) is 2. The Morgan fingerprint density at radius 3 is 2.59 bits per heavy atom. The Balaban J connectivity index is 2.05. The molecule has 1 fully saturated rings. The second-order valence-electron chi connectivity index (χ2n) is 5.72. The third kappa shape index (κ3) is 3.06. The number of benzene rings is 1. The third-order valence-corrected chi connectivity index (χ3v) is 5.11. The van der Waals surface area contributed by atoms with Crippen LogP contribution in [0, 0.1) is 0 Å². The van der Waals surface area contributed by atoms with Crippen molar-refractivity contribution in [2.75, 3.05) is 13.2 Å². The Morgan fingerprint density at radius 1 is 1.33 bits per heavy atom. The lowest BCUT2D eigenvalue weighted by Gasteiger charge is -2.31. The van der Waals surface area contributed by atoms with Gasteiger partial charge in [-0.05, 0) is 30.2 Å². The van der Waals surface area contributed by atoms with Gasteiger partial charge >= 0.3 is 27.6 Å². The van der Waals surface area contributed by atoms with Gasteiger partial charge in [0.2, 0.25) is 0 Å². The van der Waals surface area contributed by atoms with Crippen molar-refractivity contribution in [1.29, 1.82) is 0 Å². The van der Waals surface area contributed by atoms with Gasteiger partial charge in [0.1, 0.15) is 11.8 Å². The molecule has 2 aliphatic heterocycles. The van der Waals surface area contributed by atoms with E-state index in [2.05, 4.69) is 4.18 Å². The fraction of sp³-hybridized carbons (Fsp3) is 0.429. The lowest BCUT2D eigenvalue weighted by atomic mass is 9.91. The second-order valence-corrected chi connectivity index (χ2v) is 7.26. The summed E-state index contributed by atoms with van der Waals surface area (Å²) in [4.78, 5) is 25.4. The molecule has 0 radical (unpaired) electrons. The largest absolute Gasteiger partial charge is 0.534 e. The van der Waals surface area contributed by atoms with Crippen LogP contribution in [0.5, 0.6) is 5.75 Å². The standard InChI is InChI=1S/C14H13F3N2O7S/c1-2-25-12(20)11-8-4-3-7(26-27(23,24)14(15,16)17)5-9(8)10-6-18(11)13(21)19(10)22/h3-5,10-11,22H,2,6H2,1H3/t10-,11?/m1/s1. The molecule has 27 heavy (non-hydrogen) atoms. The van der Waals surface area contributed by atoms with Crippen LogP contribution in [0.1, 0.15) is 30.1 Å². The highest BCUT2D eigenvalue weighted by atomic mass is 32.2. The highest BCUT2D eigenvalue weighted by Crippen LogP contribution is 2.44. The van der Waals surface area contributed by atoms with E-state index in [0.29, 0.717) is 5.06 Å². The zero-order valence-corrected chi connectivity index (χ0v) is 14.5. The molecule has 1 aromatic rings.